The van der Waals surface area contributed by atoms with Crippen LogP contribution in [-0.2, 0) is 9.31 Å². The van der Waals surface area contributed by atoms with Crippen molar-refractivity contribution in [3.8, 4) is 5.75 Å². The minimum atomic E-state index is -0.378. The Labute approximate surface area is 119 Å². The lowest BCUT2D eigenvalue weighted by atomic mass is 9.85. The van der Waals surface area contributed by atoms with Crippen LogP contribution in [0.4, 0.5) is 0 Å². The number of methoxy groups -OCH3 is 1. The van der Waals surface area contributed by atoms with Crippen LogP contribution in [-0.4, -0.2) is 30.4 Å². The van der Waals surface area contributed by atoms with Crippen molar-refractivity contribution >= 4 is 23.6 Å². The lowest BCUT2D eigenvalue weighted by Crippen LogP contribution is -2.41. The third-order valence-corrected chi connectivity index (χ3v) is 4.37. The molecule has 0 atom stereocenters. The number of fused-ring (bicyclic) bond motifs is 1. The Balaban J connectivity index is 2.00. The van der Waals surface area contributed by atoms with Gasteiger partial charge in [-0.25, -0.2) is 0 Å². The zero-order valence-electron chi connectivity index (χ0n) is 12.6. The molecule has 1 fully saturated rings. The number of benzene rings is 1. The fourth-order valence-electron chi connectivity index (χ4n) is 2.42. The molecule has 106 valence electrons. The standard InChI is InChI=1S/C15H20BNO3/c1-14(2)15(3,4)20-16(19-14)12-9-10-7-6-8-11(18-5)13(10)17-12/h6-9,17H,1-5H3. The summed E-state index contributed by atoms with van der Waals surface area (Å²) in [5.74, 6) is 0.824. The molecule has 0 unspecified atom stereocenters. The first-order valence-corrected chi connectivity index (χ1v) is 6.85. The summed E-state index contributed by atoms with van der Waals surface area (Å²) in [6.07, 6.45) is 0. The number of hydrogen-bond acceptors (Lipinski definition) is 3. The van der Waals surface area contributed by atoms with Gasteiger partial charge in [-0.05, 0) is 39.8 Å². The van der Waals surface area contributed by atoms with Crippen LogP contribution in [0.25, 0.3) is 10.9 Å². The molecule has 0 bridgehead atoms. The molecule has 1 aromatic heterocycles. The lowest BCUT2D eigenvalue weighted by Gasteiger charge is -2.32. The normalized spacial score (nSPS) is 20.6. The molecule has 0 radical (unpaired) electrons. The van der Waals surface area contributed by atoms with Gasteiger partial charge in [0.2, 0.25) is 0 Å². The Kier molecular flexibility index (Phi) is 2.89. The Morgan fingerprint density at radius 2 is 1.75 bits per heavy atom. The highest BCUT2D eigenvalue weighted by molar-refractivity contribution is 6.61. The van der Waals surface area contributed by atoms with Crippen molar-refractivity contribution in [2.24, 2.45) is 0 Å². The number of H-pyrrole nitrogens is 1. The van der Waals surface area contributed by atoms with Gasteiger partial charge >= 0.3 is 7.12 Å². The zero-order valence-corrected chi connectivity index (χ0v) is 12.6. The Morgan fingerprint density at radius 3 is 2.35 bits per heavy atom. The zero-order chi connectivity index (χ0) is 14.5. The summed E-state index contributed by atoms with van der Waals surface area (Å²) in [5, 5.41) is 1.09. The van der Waals surface area contributed by atoms with E-state index < -0.39 is 0 Å². The summed E-state index contributed by atoms with van der Waals surface area (Å²) < 4.78 is 17.5. The van der Waals surface area contributed by atoms with Crippen molar-refractivity contribution < 1.29 is 14.0 Å². The predicted octanol–water partition coefficient (Wildman–Crippen LogP) is 2.48. The molecule has 0 saturated carbocycles. The van der Waals surface area contributed by atoms with E-state index in [1.807, 2.05) is 18.2 Å². The summed E-state index contributed by atoms with van der Waals surface area (Å²) >= 11 is 0. The Bertz CT molecular complexity index is 632. The monoisotopic (exact) mass is 273 g/mol. The van der Waals surface area contributed by atoms with Gasteiger partial charge in [-0.3, -0.25) is 0 Å². The molecule has 0 amide bonds. The molecule has 4 nitrogen and oxygen atoms in total. The largest absolute Gasteiger partial charge is 0.512 e. The molecule has 2 aromatic rings. The first-order valence-electron chi connectivity index (χ1n) is 6.85. The van der Waals surface area contributed by atoms with Crippen LogP contribution in [0.1, 0.15) is 27.7 Å². The number of aromatic amines is 1. The van der Waals surface area contributed by atoms with Crippen molar-refractivity contribution in [1.29, 1.82) is 0 Å². The van der Waals surface area contributed by atoms with Crippen LogP contribution >= 0.6 is 0 Å². The summed E-state index contributed by atoms with van der Waals surface area (Å²) in [5.41, 5.74) is 1.22. The molecule has 20 heavy (non-hydrogen) atoms. The van der Waals surface area contributed by atoms with E-state index in [2.05, 4.69) is 38.7 Å². The second-order valence-corrected chi connectivity index (χ2v) is 6.24. The highest BCUT2D eigenvalue weighted by atomic mass is 16.7. The van der Waals surface area contributed by atoms with Crippen LogP contribution in [0.5, 0.6) is 5.75 Å². The van der Waals surface area contributed by atoms with Crippen LogP contribution in [0, 0.1) is 0 Å². The van der Waals surface area contributed by atoms with E-state index in [1.165, 1.54) is 0 Å². The van der Waals surface area contributed by atoms with Crippen molar-refractivity contribution in [2.45, 2.75) is 38.9 Å². The van der Waals surface area contributed by atoms with Crippen molar-refractivity contribution in [3.05, 3.63) is 24.3 Å². The van der Waals surface area contributed by atoms with E-state index in [4.69, 9.17) is 14.0 Å². The maximum absolute atomic E-state index is 6.06. The first-order chi connectivity index (χ1) is 9.34. The number of rotatable bonds is 2. The first kappa shape index (κ1) is 13.5. The van der Waals surface area contributed by atoms with Gasteiger partial charge in [0.05, 0.1) is 23.8 Å². The van der Waals surface area contributed by atoms with E-state index in [-0.39, 0.29) is 18.3 Å². The van der Waals surface area contributed by atoms with Gasteiger partial charge in [-0.2, -0.15) is 0 Å². The topological polar surface area (TPSA) is 43.5 Å². The van der Waals surface area contributed by atoms with Crippen LogP contribution in [0.2, 0.25) is 0 Å². The molecule has 0 aliphatic carbocycles. The van der Waals surface area contributed by atoms with E-state index in [9.17, 15) is 0 Å². The Hall–Kier alpha value is -1.46. The van der Waals surface area contributed by atoms with Crippen LogP contribution in [0.15, 0.2) is 24.3 Å². The van der Waals surface area contributed by atoms with Crippen molar-refractivity contribution in [2.75, 3.05) is 7.11 Å². The van der Waals surface area contributed by atoms with Crippen molar-refractivity contribution in [3.63, 3.8) is 0 Å². The number of aromatic nitrogens is 1. The van der Waals surface area contributed by atoms with Crippen LogP contribution in [0.3, 0.4) is 0 Å². The molecule has 0 spiro atoms. The van der Waals surface area contributed by atoms with Gasteiger partial charge < -0.3 is 19.0 Å². The maximum Gasteiger partial charge on any atom is 0.512 e. The Morgan fingerprint density at radius 1 is 1.10 bits per heavy atom. The average Bonchev–Trinajstić information content (AvgIpc) is 2.88. The summed E-state index contributed by atoms with van der Waals surface area (Å²) in [7, 11) is 1.29. The van der Waals surface area contributed by atoms with E-state index >= 15 is 0 Å². The molecule has 2 heterocycles. The van der Waals surface area contributed by atoms with E-state index in [0.29, 0.717) is 0 Å². The molecule has 1 saturated heterocycles. The third kappa shape index (κ3) is 1.93. The van der Waals surface area contributed by atoms with Gasteiger partial charge in [0.1, 0.15) is 5.75 Å². The average molecular weight is 273 g/mol. The SMILES string of the molecule is COc1cccc2cc(B3OC(C)(C)C(C)(C)O3)[nH]c12. The second-order valence-electron chi connectivity index (χ2n) is 6.24. The summed E-state index contributed by atoms with van der Waals surface area (Å²) in [6.45, 7) is 8.21. The molecule has 1 N–H and O–H groups in total. The second kappa shape index (κ2) is 4.27. The third-order valence-electron chi connectivity index (χ3n) is 4.37. The van der Waals surface area contributed by atoms with E-state index in [1.54, 1.807) is 7.11 Å². The summed E-state index contributed by atoms with van der Waals surface area (Å²) in [4.78, 5) is 3.36. The van der Waals surface area contributed by atoms with Gasteiger partial charge in [0, 0.05) is 11.0 Å². The van der Waals surface area contributed by atoms with E-state index in [0.717, 1.165) is 22.2 Å². The number of para-hydroxylation sites is 1. The molecular formula is C15H20BNO3. The highest BCUT2D eigenvalue weighted by Gasteiger charge is 2.52. The predicted molar refractivity (Wildman–Crippen MR) is 80.6 cm³/mol. The number of ether oxygens (including phenoxy) is 1. The minimum Gasteiger partial charge on any atom is -0.495 e. The van der Waals surface area contributed by atoms with Crippen LogP contribution < -0.4 is 10.3 Å². The fraction of sp³-hybridized carbons (Fsp3) is 0.467. The quantitative estimate of drug-likeness (QED) is 0.855. The lowest BCUT2D eigenvalue weighted by molar-refractivity contribution is 0.00578. The van der Waals surface area contributed by atoms with Gasteiger partial charge in [-0.1, -0.05) is 12.1 Å². The smallest absolute Gasteiger partial charge is 0.495 e. The molecule has 3 rings (SSSR count). The highest BCUT2D eigenvalue weighted by Crippen LogP contribution is 2.36. The number of nitrogens with one attached hydrogen (secondary N) is 1. The van der Waals surface area contributed by atoms with Gasteiger partial charge in [0.25, 0.3) is 0 Å². The molecule has 5 heteroatoms. The van der Waals surface area contributed by atoms with Gasteiger partial charge in [0.15, 0.2) is 0 Å². The molecule has 1 aliphatic rings. The van der Waals surface area contributed by atoms with Crippen molar-refractivity contribution in [1.82, 2.24) is 4.98 Å². The summed E-state index contributed by atoms with van der Waals surface area (Å²) in [6, 6.07) is 8.01. The molecule has 1 aromatic carbocycles. The number of hydrogen-bond donors (Lipinski definition) is 1. The fourth-order valence-corrected chi connectivity index (χ4v) is 2.42. The molecular weight excluding hydrogens is 253 g/mol. The minimum absolute atomic E-state index is 0.334. The molecule has 1 aliphatic heterocycles. The van der Waals surface area contributed by atoms with Gasteiger partial charge in [-0.15, -0.1) is 0 Å². The maximum atomic E-state index is 6.06.